The van der Waals surface area contributed by atoms with Crippen LogP contribution in [-0.4, -0.2) is 29.9 Å². The van der Waals surface area contributed by atoms with Crippen LogP contribution in [-0.2, 0) is 14.3 Å². The summed E-state index contributed by atoms with van der Waals surface area (Å²) >= 11 is 0. The highest BCUT2D eigenvalue weighted by molar-refractivity contribution is 5.99. The average molecular weight is 300 g/mol. The number of fused-ring (bicyclic) bond motifs is 2. The number of carboxylic acids is 1. The largest absolute Gasteiger partial charge is 0.550 e. The molecule has 0 spiro atoms. The van der Waals surface area contributed by atoms with Gasteiger partial charge in [-0.3, -0.25) is 9.59 Å². The van der Waals surface area contributed by atoms with Crippen LogP contribution in [0.5, 0.6) is 0 Å². The number of anilines is 1. The van der Waals surface area contributed by atoms with Crippen molar-refractivity contribution in [2.75, 3.05) is 5.32 Å². The molecule has 6 heteroatoms. The van der Waals surface area contributed by atoms with Crippen molar-refractivity contribution < 1.29 is 24.2 Å². The van der Waals surface area contributed by atoms with Crippen molar-refractivity contribution in [1.82, 2.24) is 0 Å². The smallest absolute Gasteiger partial charge is 0.231 e. The third kappa shape index (κ3) is 2.42. The molecule has 3 rings (SSSR count). The van der Waals surface area contributed by atoms with Gasteiger partial charge in [0, 0.05) is 23.1 Å². The van der Waals surface area contributed by atoms with E-state index >= 15 is 0 Å². The highest BCUT2D eigenvalue weighted by atomic mass is 16.5. The summed E-state index contributed by atoms with van der Waals surface area (Å²) in [5.74, 6) is -3.69. The van der Waals surface area contributed by atoms with Crippen LogP contribution in [0.2, 0.25) is 0 Å². The standard InChI is InChI=1S/C16H15NO5/c1-8(18)9-3-2-4-10(7-9)17-15(19)13-11-5-6-12(22-11)14(13)16(20)21/h2-7,11-14H,1H3,(H,17,19)(H,20,21)/p-1/t11-,12+,13+,14-/m0/s1. The second-order valence-electron chi connectivity index (χ2n) is 5.45. The number of hydrogen-bond acceptors (Lipinski definition) is 5. The van der Waals surface area contributed by atoms with E-state index in [1.807, 2.05) is 0 Å². The summed E-state index contributed by atoms with van der Waals surface area (Å²) in [7, 11) is 0. The minimum absolute atomic E-state index is 0.116. The molecule has 2 aliphatic heterocycles. The quantitative estimate of drug-likeness (QED) is 0.630. The fourth-order valence-electron chi connectivity index (χ4n) is 2.94. The Labute approximate surface area is 126 Å². The van der Waals surface area contributed by atoms with Gasteiger partial charge in [-0.25, -0.2) is 0 Å². The van der Waals surface area contributed by atoms with E-state index in [0.29, 0.717) is 11.3 Å². The van der Waals surface area contributed by atoms with Gasteiger partial charge in [0.2, 0.25) is 5.91 Å². The van der Waals surface area contributed by atoms with Crippen molar-refractivity contribution in [3.05, 3.63) is 42.0 Å². The summed E-state index contributed by atoms with van der Waals surface area (Å²) in [5.41, 5.74) is 0.917. The second kappa shape index (κ2) is 5.38. The zero-order valence-corrected chi connectivity index (χ0v) is 11.8. The lowest BCUT2D eigenvalue weighted by molar-refractivity contribution is -0.313. The first kappa shape index (κ1) is 14.5. The molecule has 1 fully saturated rings. The van der Waals surface area contributed by atoms with Gasteiger partial charge >= 0.3 is 0 Å². The molecule has 0 unspecified atom stereocenters. The summed E-state index contributed by atoms with van der Waals surface area (Å²) < 4.78 is 5.43. The topological polar surface area (TPSA) is 95.5 Å². The SMILES string of the molecule is CC(=O)c1cccc(NC(=O)[C@H]2[C@@H](C(=O)[O-])[C@H]3C=C[C@@H]2O3)c1. The van der Waals surface area contributed by atoms with E-state index in [0.717, 1.165) is 0 Å². The molecule has 1 saturated heterocycles. The van der Waals surface area contributed by atoms with Crippen LogP contribution in [0.25, 0.3) is 0 Å². The first-order valence-corrected chi connectivity index (χ1v) is 6.94. The van der Waals surface area contributed by atoms with E-state index in [4.69, 9.17) is 4.74 Å². The van der Waals surface area contributed by atoms with Crippen LogP contribution >= 0.6 is 0 Å². The average Bonchev–Trinajstić information content (AvgIpc) is 3.07. The zero-order valence-electron chi connectivity index (χ0n) is 11.8. The van der Waals surface area contributed by atoms with Crippen LogP contribution in [0, 0.1) is 11.8 Å². The number of aliphatic carboxylic acids is 1. The Hall–Kier alpha value is -2.47. The molecular formula is C16H14NO5-. The second-order valence-corrected chi connectivity index (χ2v) is 5.45. The third-order valence-corrected chi connectivity index (χ3v) is 4.01. The maximum absolute atomic E-state index is 12.4. The molecule has 0 aromatic heterocycles. The molecule has 1 N–H and O–H groups in total. The van der Waals surface area contributed by atoms with Crippen LogP contribution in [0.3, 0.4) is 0 Å². The number of hydrogen-bond donors (Lipinski definition) is 1. The first-order valence-electron chi connectivity index (χ1n) is 6.94. The highest BCUT2D eigenvalue weighted by Crippen LogP contribution is 2.39. The van der Waals surface area contributed by atoms with Crippen LogP contribution < -0.4 is 10.4 Å². The zero-order chi connectivity index (χ0) is 15.9. The third-order valence-electron chi connectivity index (χ3n) is 4.01. The molecule has 1 aromatic rings. The number of nitrogens with one attached hydrogen (secondary N) is 1. The number of carboxylic acid groups (broad SMARTS) is 1. The van der Waals surface area contributed by atoms with Crippen molar-refractivity contribution in [3.63, 3.8) is 0 Å². The lowest BCUT2D eigenvalue weighted by Gasteiger charge is -2.25. The van der Waals surface area contributed by atoms with Crippen LogP contribution in [0.1, 0.15) is 17.3 Å². The lowest BCUT2D eigenvalue weighted by Crippen LogP contribution is -2.45. The summed E-state index contributed by atoms with van der Waals surface area (Å²) in [5, 5.41) is 13.9. The Bertz CT molecular complexity index is 681. The first-order chi connectivity index (χ1) is 10.5. The Morgan fingerprint density at radius 2 is 1.82 bits per heavy atom. The Balaban J connectivity index is 1.80. The van der Waals surface area contributed by atoms with Crippen molar-refractivity contribution >= 4 is 23.3 Å². The monoisotopic (exact) mass is 300 g/mol. The van der Waals surface area contributed by atoms with Gasteiger partial charge in [0.05, 0.1) is 18.1 Å². The van der Waals surface area contributed by atoms with Gasteiger partial charge < -0.3 is 20.0 Å². The molecule has 2 bridgehead atoms. The Morgan fingerprint density at radius 1 is 1.14 bits per heavy atom. The maximum atomic E-state index is 12.4. The summed E-state index contributed by atoms with van der Waals surface area (Å²) in [6.07, 6.45) is 2.17. The predicted octanol–water partition coefficient (Wildman–Crippen LogP) is 0.147. The molecule has 4 atom stereocenters. The molecule has 2 aliphatic rings. The summed E-state index contributed by atoms with van der Waals surface area (Å²) in [4.78, 5) is 35.0. The molecule has 6 nitrogen and oxygen atoms in total. The Morgan fingerprint density at radius 3 is 2.45 bits per heavy atom. The maximum Gasteiger partial charge on any atom is 0.231 e. The number of Topliss-reactive ketones (excluding diaryl/α,β-unsaturated/α-hetero) is 1. The normalized spacial score (nSPS) is 28.6. The minimum atomic E-state index is -1.30. The molecule has 0 saturated carbocycles. The van der Waals surface area contributed by atoms with E-state index in [2.05, 4.69) is 5.32 Å². The molecule has 1 amide bonds. The number of carbonyl (C=O) groups excluding carboxylic acids is 3. The van der Waals surface area contributed by atoms with Crippen molar-refractivity contribution in [2.45, 2.75) is 19.1 Å². The van der Waals surface area contributed by atoms with Gasteiger partial charge in [-0.05, 0) is 19.1 Å². The fraction of sp³-hybridized carbons (Fsp3) is 0.312. The number of carbonyl (C=O) groups is 3. The fourth-order valence-corrected chi connectivity index (χ4v) is 2.94. The summed E-state index contributed by atoms with van der Waals surface area (Å²) in [6, 6.07) is 6.49. The number of ether oxygens (including phenoxy) is 1. The van der Waals surface area contributed by atoms with E-state index in [1.54, 1.807) is 36.4 Å². The highest BCUT2D eigenvalue weighted by Gasteiger charge is 2.50. The van der Waals surface area contributed by atoms with Gasteiger partial charge in [-0.2, -0.15) is 0 Å². The number of benzene rings is 1. The van der Waals surface area contributed by atoms with Crippen molar-refractivity contribution in [1.29, 1.82) is 0 Å². The molecule has 22 heavy (non-hydrogen) atoms. The molecule has 1 aromatic carbocycles. The van der Waals surface area contributed by atoms with Gasteiger partial charge in [-0.1, -0.05) is 24.3 Å². The van der Waals surface area contributed by atoms with Crippen LogP contribution in [0.15, 0.2) is 36.4 Å². The molecule has 0 aliphatic carbocycles. The number of ketones is 1. The Kier molecular flexibility index (Phi) is 3.54. The number of amides is 1. The molecule has 2 heterocycles. The van der Waals surface area contributed by atoms with Gasteiger partial charge in [-0.15, -0.1) is 0 Å². The van der Waals surface area contributed by atoms with E-state index < -0.39 is 35.9 Å². The molecular weight excluding hydrogens is 286 g/mol. The molecule has 0 radical (unpaired) electrons. The van der Waals surface area contributed by atoms with Crippen molar-refractivity contribution in [2.24, 2.45) is 11.8 Å². The van der Waals surface area contributed by atoms with Gasteiger partial charge in [0.25, 0.3) is 0 Å². The van der Waals surface area contributed by atoms with Gasteiger partial charge in [0.15, 0.2) is 5.78 Å². The minimum Gasteiger partial charge on any atom is -0.550 e. The van der Waals surface area contributed by atoms with E-state index in [9.17, 15) is 19.5 Å². The van der Waals surface area contributed by atoms with E-state index in [1.165, 1.54) is 6.92 Å². The van der Waals surface area contributed by atoms with Crippen molar-refractivity contribution in [3.8, 4) is 0 Å². The number of rotatable bonds is 4. The van der Waals surface area contributed by atoms with Gasteiger partial charge in [0.1, 0.15) is 0 Å². The molecule has 114 valence electrons. The summed E-state index contributed by atoms with van der Waals surface area (Å²) in [6.45, 7) is 1.43. The van der Waals surface area contributed by atoms with Crippen LogP contribution in [0.4, 0.5) is 5.69 Å². The predicted molar refractivity (Wildman–Crippen MR) is 74.9 cm³/mol. The lowest BCUT2D eigenvalue weighted by atomic mass is 9.82. The van der Waals surface area contributed by atoms with E-state index in [-0.39, 0.29) is 5.78 Å².